The lowest BCUT2D eigenvalue weighted by Crippen LogP contribution is -2.24. The van der Waals surface area contributed by atoms with Crippen LogP contribution in [0.3, 0.4) is 0 Å². The minimum atomic E-state index is -0.0726. The van der Waals surface area contributed by atoms with Gasteiger partial charge in [-0.25, -0.2) is 0 Å². The highest BCUT2D eigenvalue weighted by Gasteiger charge is 2.13. The van der Waals surface area contributed by atoms with Crippen LogP contribution in [0.5, 0.6) is 0 Å². The molecule has 2 heterocycles. The number of nitrogens with zero attached hydrogens (tertiary/aromatic N) is 2. The fourth-order valence-electron chi connectivity index (χ4n) is 2.68. The maximum absolute atomic E-state index is 12.4. The molecule has 4 nitrogen and oxygen atoms in total. The molecule has 118 valence electrons. The summed E-state index contributed by atoms with van der Waals surface area (Å²) in [5.74, 6) is 0.444. The number of carbonyl (C=O) groups is 1. The standard InChI is InChI=1S/C19H21N3O/c1-13(2)15-6-4-14(5-7-15)11-21-19(23)17-10-16-8-9-20-12-18(16)22(17)3/h4-10,12-13H,11H2,1-3H3,(H,21,23). The van der Waals surface area contributed by atoms with E-state index in [1.165, 1.54) is 5.56 Å². The molecule has 1 N–H and O–H groups in total. The van der Waals surface area contributed by atoms with Crippen molar-refractivity contribution in [1.29, 1.82) is 0 Å². The zero-order valence-corrected chi connectivity index (χ0v) is 13.7. The Morgan fingerprint density at radius 2 is 1.96 bits per heavy atom. The predicted octanol–water partition coefficient (Wildman–Crippen LogP) is 3.63. The van der Waals surface area contributed by atoms with Crippen molar-refractivity contribution in [2.24, 2.45) is 7.05 Å². The van der Waals surface area contributed by atoms with Crippen molar-refractivity contribution in [1.82, 2.24) is 14.9 Å². The third kappa shape index (κ3) is 3.11. The minimum absolute atomic E-state index is 0.0726. The van der Waals surface area contributed by atoms with Crippen LogP contribution in [0.15, 0.2) is 48.8 Å². The summed E-state index contributed by atoms with van der Waals surface area (Å²) in [4.78, 5) is 16.5. The van der Waals surface area contributed by atoms with Crippen LogP contribution >= 0.6 is 0 Å². The molecule has 1 aromatic carbocycles. The summed E-state index contributed by atoms with van der Waals surface area (Å²) in [7, 11) is 1.89. The van der Waals surface area contributed by atoms with Crippen molar-refractivity contribution in [2.45, 2.75) is 26.3 Å². The topological polar surface area (TPSA) is 46.9 Å². The van der Waals surface area contributed by atoms with E-state index in [1.54, 1.807) is 12.4 Å². The van der Waals surface area contributed by atoms with Crippen LogP contribution in [-0.4, -0.2) is 15.5 Å². The van der Waals surface area contributed by atoms with E-state index in [2.05, 4.69) is 48.4 Å². The lowest BCUT2D eigenvalue weighted by Gasteiger charge is -2.09. The maximum Gasteiger partial charge on any atom is 0.268 e. The number of amides is 1. The quantitative estimate of drug-likeness (QED) is 0.800. The summed E-state index contributed by atoms with van der Waals surface area (Å²) < 4.78 is 1.87. The summed E-state index contributed by atoms with van der Waals surface area (Å²) >= 11 is 0. The largest absolute Gasteiger partial charge is 0.347 e. The number of pyridine rings is 1. The molecule has 0 saturated heterocycles. The molecule has 0 unspecified atom stereocenters. The lowest BCUT2D eigenvalue weighted by atomic mass is 10.0. The minimum Gasteiger partial charge on any atom is -0.347 e. The van der Waals surface area contributed by atoms with Gasteiger partial charge in [0.05, 0.1) is 11.7 Å². The molecular formula is C19H21N3O. The van der Waals surface area contributed by atoms with Crippen LogP contribution < -0.4 is 5.32 Å². The SMILES string of the molecule is CC(C)c1ccc(CNC(=O)c2cc3ccncc3n2C)cc1. The second-order valence-electron chi connectivity index (χ2n) is 6.10. The highest BCUT2D eigenvalue weighted by Crippen LogP contribution is 2.18. The van der Waals surface area contributed by atoms with Gasteiger partial charge in [0.15, 0.2) is 0 Å². The number of aromatic nitrogens is 2. The molecule has 2 aromatic heterocycles. The van der Waals surface area contributed by atoms with E-state index in [9.17, 15) is 4.79 Å². The number of fused-ring (bicyclic) bond motifs is 1. The van der Waals surface area contributed by atoms with Crippen LogP contribution in [0.4, 0.5) is 0 Å². The first-order chi connectivity index (χ1) is 11.1. The van der Waals surface area contributed by atoms with Crippen molar-refractivity contribution in [3.63, 3.8) is 0 Å². The summed E-state index contributed by atoms with van der Waals surface area (Å²) in [5, 5.41) is 4.01. The summed E-state index contributed by atoms with van der Waals surface area (Å²) in [6, 6.07) is 12.2. The van der Waals surface area contributed by atoms with Crippen molar-refractivity contribution in [2.75, 3.05) is 0 Å². The molecule has 1 amide bonds. The molecule has 0 radical (unpaired) electrons. The highest BCUT2D eigenvalue weighted by molar-refractivity contribution is 5.98. The Bertz CT molecular complexity index is 831. The zero-order chi connectivity index (χ0) is 16.4. The molecule has 0 aliphatic rings. The second kappa shape index (κ2) is 6.24. The van der Waals surface area contributed by atoms with Gasteiger partial charge in [0.1, 0.15) is 5.69 Å². The van der Waals surface area contributed by atoms with E-state index < -0.39 is 0 Å². The fourth-order valence-corrected chi connectivity index (χ4v) is 2.68. The van der Waals surface area contributed by atoms with Gasteiger partial charge < -0.3 is 9.88 Å². The van der Waals surface area contributed by atoms with E-state index >= 15 is 0 Å². The summed E-state index contributed by atoms with van der Waals surface area (Å²) in [5.41, 5.74) is 4.01. The number of hydrogen-bond acceptors (Lipinski definition) is 2. The number of hydrogen-bond donors (Lipinski definition) is 1. The highest BCUT2D eigenvalue weighted by atomic mass is 16.1. The van der Waals surface area contributed by atoms with Crippen molar-refractivity contribution in [3.8, 4) is 0 Å². The monoisotopic (exact) mass is 307 g/mol. The van der Waals surface area contributed by atoms with Gasteiger partial charge in [-0.15, -0.1) is 0 Å². The molecule has 0 saturated carbocycles. The average molecular weight is 307 g/mol. The number of benzene rings is 1. The van der Waals surface area contributed by atoms with Gasteiger partial charge in [-0.1, -0.05) is 38.1 Å². The van der Waals surface area contributed by atoms with Crippen LogP contribution in [0, 0.1) is 0 Å². The van der Waals surface area contributed by atoms with E-state index in [4.69, 9.17) is 0 Å². The molecule has 4 heteroatoms. The van der Waals surface area contributed by atoms with Crippen LogP contribution in [-0.2, 0) is 13.6 Å². The number of nitrogens with one attached hydrogen (secondary N) is 1. The first-order valence-electron chi connectivity index (χ1n) is 7.82. The molecule has 3 rings (SSSR count). The van der Waals surface area contributed by atoms with Crippen molar-refractivity contribution >= 4 is 16.8 Å². The Labute approximate surface area is 136 Å². The van der Waals surface area contributed by atoms with Gasteiger partial charge in [-0.05, 0) is 29.2 Å². The summed E-state index contributed by atoms with van der Waals surface area (Å²) in [6.45, 7) is 4.87. The van der Waals surface area contributed by atoms with Gasteiger partial charge in [-0.3, -0.25) is 9.78 Å². The molecule has 3 aromatic rings. The Kier molecular flexibility index (Phi) is 4.15. The Balaban J connectivity index is 1.72. The first kappa shape index (κ1) is 15.3. The molecule has 0 aliphatic heterocycles. The molecule has 0 fully saturated rings. The van der Waals surface area contributed by atoms with Crippen LogP contribution in [0.2, 0.25) is 0 Å². The van der Waals surface area contributed by atoms with Gasteiger partial charge in [0, 0.05) is 25.2 Å². The molecule has 0 bridgehead atoms. The Hall–Kier alpha value is -2.62. The van der Waals surface area contributed by atoms with Crippen LogP contribution in [0.1, 0.15) is 41.4 Å². The van der Waals surface area contributed by atoms with Crippen molar-refractivity contribution < 1.29 is 4.79 Å². The third-order valence-corrected chi connectivity index (χ3v) is 4.18. The number of rotatable bonds is 4. The number of carbonyl (C=O) groups excluding carboxylic acids is 1. The van der Waals surface area contributed by atoms with E-state index in [0.29, 0.717) is 18.2 Å². The normalized spacial score (nSPS) is 11.1. The lowest BCUT2D eigenvalue weighted by molar-refractivity contribution is 0.0943. The Morgan fingerprint density at radius 3 is 2.61 bits per heavy atom. The number of aryl methyl sites for hydroxylation is 1. The average Bonchev–Trinajstić information content (AvgIpc) is 2.90. The van der Waals surface area contributed by atoms with Gasteiger partial charge in [-0.2, -0.15) is 0 Å². The van der Waals surface area contributed by atoms with Crippen LogP contribution in [0.25, 0.3) is 10.9 Å². The van der Waals surface area contributed by atoms with Gasteiger partial charge >= 0.3 is 0 Å². The fraction of sp³-hybridized carbons (Fsp3) is 0.263. The third-order valence-electron chi connectivity index (χ3n) is 4.18. The van der Waals surface area contributed by atoms with E-state index in [-0.39, 0.29) is 5.91 Å². The van der Waals surface area contributed by atoms with Gasteiger partial charge in [0.25, 0.3) is 5.91 Å². The summed E-state index contributed by atoms with van der Waals surface area (Å²) in [6.07, 6.45) is 3.51. The predicted molar refractivity (Wildman–Crippen MR) is 92.4 cm³/mol. The second-order valence-corrected chi connectivity index (χ2v) is 6.10. The van der Waals surface area contributed by atoms with Gasteiger partial charge in [0.2, 0.25) is 0 Å². The molecule has 0 atom stereocenters. The smallest absolute Gasteiger partial charge is 0.268 e. The molecular weight excluding hydrogens is 286 g/mol. The van der Waals surface area contributed by atoms with E-state index in [1.807, 2.05) is 23.7 Å². The molecule has 0 spiro atoms. The molecule has 23 heavy (non-hydrogen) atoms. The Morgan fingerprint density at radius 1 is 1.22 bits per heavy atom. The van der Waals surface area contributed by atoms with Crippen molar-refractivity contribution in [3.05, 3.63) is 65.6 Å². The zero-order valence-electron chi connectivity index (χ0n) is 13.7. The van der Waals surface area contributed by atoms with E-state index in [0.717, 1.165) is 16.5 Å². The molecule has 0 aliphatic carbocycles. The maximum atomic E-state index is 12.4. The first-order valence-corrected chi connectivity index (χ1v) is 7.82.